The second-order valence-corrected chi connectivity index (χ2v) is 13.6. The molecule has 0 bridgehead atoms. The van der Waals surface area contributed by atoms with Gasteiger partial charge in [-0.1, -0.05) is 122 Å². The van der Waals surface area contributed by atoms with E-state index in [0.717, 1.165) is 36.6 Å². The predicted molar refractivity (Wildman–Crippen MR) is 174 cm³/mol. The molecule has 5 heteroatoms. The number of aryl methyl sites for hydroxylation is 1. The molecule has 2 aromatic carbocycles. The van der Waals surface area contributed by atoms with Crippen LogP contribution in [0.2, 0.25) is 0 Å². The number of amides is 1. The smallest absolute Gasteiger partial charge is 0.255 e. The van der Waals surface area contributed by atoms with Gasteiger partial charge in [0.15, 0.2) is 12.7 Å². The Kier molecular flexibility index (Phi) is 13.9. The fourth-order valence-corrected chi connectivity index (χ4v) is 5.78. The van der Waals surface area contributed by atoms with Crippen molar-refractivity contribution in [2.75, 3.05) is 11.9 Å². The van der Waals surface area contributed by atoms with Crippen LogP contribution in [-0.2, 0) is 12.0 Å². The Morgan fingerprint density at radius 3 is 2.02 bits per heavy atom. The average Bonchev–Trinajstić information content (AvgIpc) is 3.36. The van der Waals surface area contributed by atoms with Crippen LogP contribution in [0.15, 0.2) is 54.2 Å². The van der Waals surface area contributed by atoms with E-state index in [1.165, 1.54) is 81.1 Å². The molecule has 3 aromatic rings. The van der Waals surface area contributed by atoms with Gasteiger partial charge in [0.2, 0.25) is 5.51 Å². The summed E-state index contributed by atoms with van der Waals surface area (Å²) in [5.74, 6) is 0.793. The van der Waals surface area contributed by atoms with Crippen molar-refractivity contribution in [1.82, 2.24) is 0 Å². The van der Waals surface area contributed by atoms with Gasteiger partial charge < -0.3 is 10.1 Å². The summed E-state index contributed by atoms with van der Waals surface area (Å²) in [5, 5.41) is 3.06. The first-order valence-electron chi connectivity index (χ1n) is 15.9. The van der Waals surface area contributed by atoms with Crippen LogP contribution in [0, 0.1) is 6.92 Å². The van der Waals surface area contributed by atoms with Gasteiger partial charge in [0.05, 0.1) is 11.5 Å². The van der Waals surface area contributed by atoms with E-state index in [1.54, 1.807) is 11.3 Å². The van der Waals surface area contributed by atoms with Gasteiger partial charge in [-0.3, -0.25) is 4.79 Å². The fourth-order valence-electron chi connectivity index (χ4n) is 5.14. The summed E-state index contributed by atoms with van der Waals surface area (Å²) >= 11 is 1.75. The van der Waals surface area contributed by atoms with Gasteiger partial charge in [-0.05, 0) is 49.1 Å². The van der Waals surface area contributed by atoms with Crippen LogP contribution in [0.3, 0.4) is 0 Å². The molecule has 0 radical (unpaired) electrons. The largest absolute Gasteiger partial charge is 0.493 e. The molecule has 0 unspecified atom stereocenters. The number of rotatable bonds is 18. The maximum Gasteiger partial charge on any atom is 0.255 e. The Balaban J connectivity index is 1.42. The van der Waals surface area contributed by atoms with Crippen molar-refractivity contribution in [1.29, 1.82) is 0 Å². The number of ether oxygens (including phenoxy) is 1. The lowest BCUT2D eigenvalue weighted by Gasteiger charge is -2.23. The second-order valence-electron chi connectivity index (χ2n) is 12.5. The number of carbonyl (C=O) groups is 1. The summed E-state index contributed by atoms with van der Waals surface area (Å²) in [6, 6.07) is 13.9. The molecular weight excluding hydrogens is 524 g/mol. The van der Waals surface area contributed by atoms with Gasteiger partial charge in [-0.15, -0.1) is 0 Å². The number of aromatic nitrogens is 1. The lowest BCUT2D eigenvalue weighted by molar-refractivity contribution is -0.683. The highest BCUT2D eigenvalue weighted by atomic mass is 32.1. The predicted octanol–water partition coefficient (Wildman–Crippen LogP) is 10.0. The number of hydrogen-bond donors (Lipinski definition) is 1. The highest BCUT2D eigenvalue weighted by Gasteiger charge is 2.21. The Labute approximate surface area is 253 Å². The zero-order chi connectivity index (χ0) is 29.5. The first-order chi connectivity index (χ1) is 19.8. The SMILES string of the molecule is CCCCCCCCCCCCCCOc1ccc(C(=O)Nc2ccc(C[n+]3csc(C)c3)cc2)cc1C(C)(C)C. The number of carbonyl (C=O) groups excluding carboxylic acids is 1. The van der Waals surface area contributed by atoms with Crippen LogP contribution in [0.1, 0.15) is 131 Å². The van der Waals surface area contributed by atoms with Crippen molar-refractivity contribution < 1.29 is 14.1 Å². The summed E-state index contributed by atoms with van der Waals surface area (Å²) < 4.78 is 8.42. The van der Waals surface area contributed by atoms with E-state index in [0.29, 0.717) is 5.56 Å². The Morgan fingerprint density at radius 2 is 1.46 bits per heavy atom. The third-order valence-corrected chi connectivity index (χ3v) is 8.46. The van der Waals surface area contributed by atoms with Crippen molar-refractivity contribution in [2.45, 2.75) is 124 Å². The molecule has 1 amide bonds. The van der Waals surface area contributed by atoms with Gasteiger partial charge in [-0.2, -0.15) is 4.57 Å². The summed E-state index contributed by atoms with van der Waals surface area (Å²) in [4.78, 5) is 14.4. The van der Waals surface area contributed by atoms with Crippen molar-refractivity contribution >= 4 is 22.9 Å². The molecule has 1 aromatic heterocycles. The van der Waals surface area contributed by atoms with Crippen LogP contribution in [0.25, 0.3) is 0 Å². The molecule has 0 aliphatic rings. The van der Waals surface area contributed by atoms with E-state index in [2.05, 4.69) is 68.3 Å². The molecule has 0 spiro atoms. The standard InChI is InChI=1S/C36H52N2O2S/c1-6-7-8-9-10-11-12-13-14-15-16-17-24-40-34-23-20-31(25-33(34)36(3,4)5)35(39)37-32-21-18-30(19-22-32)27-38-26-29(2)41-28-38/h18-23,25-26,28H,6-17,24,27H2,1-5H3/p+1. The minimum atomic E-state index is -0.124. The van der Waals surface area contributed by atoms with Gasteiger partial charge in [0.25, 0.3) is 5.91 Å². The number of nitrogens with zero attached hydrogens (tertiary/aromatic N) is 1. The highest BCUT2D eigenvalue weighted by Crippen LogP contribution is 2.33. The van der Waals surface area contributed by atoms with E-state index in [-0.39, 0.29) is 11.3 Å². The van der Waals surface area contributed by atoms with Gasteiger partial charge in [0.1, 0.15) is 5.75 Å². The zero-order valence-electron chi connectivity index (χ0n) is 26.3. The van der Waals surface area contributed by atoms with Gasteiger partial charge in [0, 0.05) is 22.4 Å². The van der Waals surface area contributed by atoms with Crippen LogP contribution >= 0.6 is 11.3 Å². The Morgan fingerprint density at radius 1 is 0.854 bits per heavy atom. The Bertz CT molecular complexity index is 1180. The topological polar surface area (TPSA) is 42.2 Å². The monoisotopic (exact) mass is 577 g/mol. The lowest BCUT2D eigenvalue weighted by atomic mass is 9.85. The number of thiazole rings is 1. The summed E-state index contributed by atoms with van der Waals surface area (Å²) in [5.41, 5.74) is 5.74. The number of nitrogens with one attached hydrogen (secondary N) is 1. The van der Waals surface area contributed by atoms with Gasteiger partial charge >= 0.3 is 0 Å². The number of anilines is 1. The van der Waals surface area contributed by atoms with Crippen molar-refractivity contribution in [3.05, 3.63) is 75.7 Å². The van der Waals surface area contributed by atoms with E-state index in [4.69, 9.17) is 4.74 Å². The van der Waals surface area contributed by atoms with Crippen LogP contribution < -0.4 is 14.6 Å². The lowest BCUT2D eigenvalue weighted by Crippen LogP contribution is -2.30. The molecule has 0 saturated carbocycles. The number of benzene rings is 2. The van der Waals surface area contributed by atoms with Crippen LogP contribution in [-0.4, -0.2) is 12.5 Å². The third kappa shape index (κ3) is 12.0. The molecule has 0 atom stereocenters. The molecule has 0 aliphatic carbocycles. The maximum absolute atomic E-state index is 13.1. The molecule has 1 heterocycles. The summed E-state index contributed by atoms with van der Waals surface area (Å²) in [7, 11) is 0. The molecule has 4 nitrogen and oxygen atoms in total. The third-order valence-electron chi connectivity index (χ3n) is 7.60. The minimum Gasteiger partial charge on any atom is -0.493 e. The van der Waals surface area contributed by atoms with E-state index < -0.39 is 0 Å². The van der Waals surface area contributed by atoms with Crippen LogP contribution in [0.5, 0.6) is 5.75 Å². The first-order valence-corrected chi connectivity index (χ1v) is 16.8. The first kappa shape index (κ1) is 32.8. The van der Waals surface area contributed by atoms with E-state index >= 15 is 0 Å². The molecule has 41 heavy (non-hydrogen) atoms. The average molecular weight is 578 g/mol. The fraction of sp³-hybridized carbons (Fsp3) is 0.556. The number of unbranched alkanes of at least 4 members (excludes halogenated alkanes) is 11. The van der Waals surface area contributed by atoms with Gasteiger partial charge in [-0.25, -0.2) is 0 Å². The molecule has 0 saturated heterocycles. The zero-order valence-corrected chi connectivity index (χ0v) is 27.1. The Hall–Kier alpha value is -2.66. The van der Waals surface area contributed by atoms with E-state index in [9.17, 15) is 4.79 Å². The van der Waals surface area contributed by atoms with E-state index in [1.807, 2.05) is 30.3 Å². The quantitative estimate of drug-likeness (QED) is 0.121. The molecule has 1 N–H and O–H groups in total. The summed E-state index contributed by atoms with van der Waals surface area (Å²) in [6.45, 7) is 12.5. The molecule has 0 fully saturated rings. The molecule has 0 aliphatic heterocycles. The normalized spacial score (nSPS) is 11.5. The molecular formula is C36H53N2O2S+. The van der Waals surface area contributed by atoms with Crippen molar-refractivity contribution in [3.63, 3.8) is 0 Å². The van der Waals surface area contributed by atoms with Crippen molar-refractivity contribution in [2.24, 2.45) is 0 Å². The minimum absolute atomic E-state index is 0.0985. The van der Waals surface area contributed by atoms with Crippen LogP contribution in [0.4, 0.5) is 5.69 Å². The molecule has 3 rings (SSSR count). The maximum atomic E-state index is 13.1. The second kappa shape index (κ2) is 17.3. The number of hydrogen-bond acceptors (Lipinski definition) is 3. The van der Waals surface area contributed by atoms with Crippen molar-refractivity contribution in [3.8, 4) is 5.75 Å². The molecule has 224 valence electrons. The summed E-state index contributed by atoms with van der Waals surface area (Å²) in [6.07, 6.45) is 18.2. The highest BCUT2D eigenvalue weighted by molar-refractivity contribution is 7.09.